The highest BCUT2D eigenvalue weighted by Crippen LogP contribution is 2.35. The molecule has 0 unspecified atom stereocenters. The van der Waals surface area contributed by atoms with Crippen LogP contribution in [0.25, 0.3) is 16.9 Å². The number of benzene rings is 3. The number of hydrogen-bond donors (Lipinski definition) is 1. The molecule has 0 radical (unpaired) electrons. The van der Waals surface area contributed by atoms with Crippen LogP contribution in [0.15, 0.2) is 84.9 Å². The standard InChI is InChI=1S/C27H26N2O3/c1-19-23(27(30)28-18-20-10-6-4-7-11-20)17-24(21-12-8-5-9-13-21)29(19)25-16-22(31-2)14-15-26(25)32-3/h4-17H,18H2,1-3H3,(H,28,30). The summed E-state index contributed by atoms with van der Waals surface area (Å²) < 4.78 is 13.1. The molecule has 0 atom stereocenters. The fraction of sp³-hybridized carbons (Fsp3) is 0.148. The van der Waals surface area contributed by atoms with Gasteiger partial charge in [-0.25, -0.2) is 0 Å². The second kappa shape index (κ2) is 9.43. The Morgan fingerprint density at radius 3 is 2.22 bits per heavy atom. The minimum absolute atomic E-state index is 0.121. The topological polar surface area (TPSA) is 52.5 Å². The molecule has 0 saturated carbocycles. The highest BCUT2D eigenvalue weighted by Gasteiger charge is 2.22. The van der Waals surface area contributed by atoms with Gasteiger partial charge in [0.1, 0.15) is 11.5 Å². The molecule has 4 rings (SSSR count). The van der Waals surface area contributed by atoms with Crippen molar-refractivity contribution in [1.82, 2.24) is 9.88 Å². The Morgan fingerprint density at radius 1 is 0.875 bits per heavy atom. The predicted octanol–water partition coefficient (Wildman–Crippen LogP) is 5.40. The first-order chi connectivity index (χ1) is 15.6. The highest BCUT2D eigenvalue weighted by molar-refractivity contribution is 5.97. The zero-order valence-electron chi connectivity index (χ0n) is 18.5. The van der Waals surface area contributed by atoms with E-state index in [-0.39, 0.29) is 5.91 Å². The summed E-state index contributed by atoms with van der Waals surface area (Å²) in [6.07, 6.45) is 0. The molecule has 0 aliphatic carbocycles. The maximum absolute atomic E-state index is 13.2. The number of methoxy groups -OCH3 is 2. The van der Waals surface area contributed by atoms with E-state index in [1.165, 1.54) is 0 Å². The van der Waals surface area contributed by atoms with Gasteiger partial charge in [0.15, 0.2) is 0 Å². The van der Waals surface area contributed by atoms with Crippen LogP contribution in [0.3, 0.4) is 0 Å². The second-order valence-corrected chi connectivity index (χ2v) is 7.44. The molecule has 0 aliphatic heterocycles. The van der Waals surface area contributed by atoms with Gasteiger partial charge in [0.05, 0.1) is 31.2 Å². The fourth-order valence-electron chi connectivity index (χ4n) is 3.81. The second-order valence-electron chi connectivity index (χ2n) is 7.44. The molecule has 5 heteroatoms. The van der Waals surface area contributed by atoms with Crippen molar-refractivity contribution < 1.29 is 14.3 Å². The summed E-state index contributed by atoms with van der Waals surface area (Å²) in [6.45, 7) is 2.41. The Balaban J connectivity index is 1.81. The number of amides is 1. The molecular weight excluding hydrogens is 400 g/mol. The summed E-state index contributed by atoms with van der Waals surface area (Å²) in [5, 5.41) is 3.04. The smallest absolute Gasteiger partial charge is 0.253 e. The fourth-order valence-corrected chi connectivity index (χ4v) is 3.81. The average molecular weight is 427 g/mol. The van der Waals surface area contributed by atoms with E-state index in [4.69, 9.17) is 9.47 Å². The number of hydrogen-bond acceptors (Lipinski definition) is 3. The Hall–Kier alpha value is -3.99. The molecule has 1 N–H and O–H groups in total. The van der Waals surface area contributed by atoms with Crippen LogP contribution in [-0.4, -0.2) is 24.7 Å². The molecule has 0 bridgehead atoms. The molecule has 3 aromatic carbocycles. The Morgan fingerprint density at radius 2 is 1.56 bits per heavy atom. The summed E-state index contributed by atoms with van der Waals surface area (Å²) in [4.78, 5) is 13.2. The number of carbonyl (C=O) groups is 1. The van der Waals surface area contributed by atoms with Crippen LogP contribution in [-0.2, 0) is 6.54 Å². The first-order valence-electron chi connectivity index (χ1n) is 10.4. The van der Waals surface area contributed by atoms with Crippen molar-refractivity contribution in [2.45, 2.75) is 13.5 Å². The molecule has 162 valence electrons. The normalized spacial score (nSPS) is 10.6. The van der Waals surface area contributed by atoms with Gasteiger partial charge in [-0.3, -0.25) is 4.79 Å². The lowest BCUT2D eigenvalue weighted by Crippen LogP contribution is -2.23. The maximum Gasteiger partial charge on any atom is 0.253 e. The zero-order valence-corrected chi connectivity index (χ0v) is 18.5. The van der Waals surface area contributed by atoms with Crippen molar-refractivity contribution in [3.8, 4) is 28.4 Å². The molecule has 5 nitrogen and oxygen atoms in total. The summed E-state index contributed by atoms with van der Waals surface area (Å²) in [6, 6.07) is 27.5. The number of nitrogens with zero attached hydrogens (tertiary/aromatic N) is 1. The van der Waals surface area contributed by atoms with E-state index in [1.807, 2.05) is 96.4 Å². The molecule has 0 aliphatic rings. The zero-order chi connectivity index (χ0) is 22.5. The number of aromatic nitrogens is 1. The van der Waals surface area contributed by atoms with Crippen LogP contribution >= 0.6 is 0 Å². The first-order valence-corrected chi connectivity index (χ1v) is 10.4. The summed E-state index contributed by atoms with van der Waals surface area (Å²) in [5.74, 6) is 1.28. The van der Waals surface area contributed by atoms with Crippen LogP contribution in [0.2, 0.25) is 0 Å². The van der Waals surface area contributed by atoms with E-state index < -0.39 is 0 Å². The summed E-state index contributed by atoms with van der Waals surface area (Å²) >= 11 is 0. The maximum atomic E-state index is 13.2. The number of rotatable bonds is 7. The lowest BCUT2D eigenvalue weighted by Gasteiger charge is -2.17. The van der Waals surface area contributed by atoms with E-state index in [0.29, 0.717) is 23.6 Å². The van der Waals surface area contributed by atoms with E-state index in [2.05, 4.69) is 5.32 Å². The van der Waals surface area contributed by atoms with Gasteiger partial charge in [0, 0.05) is 18.3 Å². The van der Waals surface area contributed by atoms with Gasteiger partial charge in [-0.1, -0.05) is 60.7 Å². The van der Waals surface area contributed by atoms with Crippen molar-refractivity contribution in [2.75, 3.05) is 14.2 Å². The minimum atomic E-state index is -0.121. The minimum Gasteiger partial charge on any atom is -0.497 e. The van der Waals surface area contributed by atoms with Gasteiger partial charge >= 0.3 is 0 Å². The summed E-state index contributed by atoms with van der Waals surface area (Å²) in [7, 11) is 3.27. The molecule has 0 spiro atoms. The van der Waals surface area contributed by atoms with E-state index in [9.17, 15) is 4.79 Å². The number of nitrogens with one attached hydrogen (secondary N) is 1. The lowest BCUT2D eigenvalue weighted by atomic mass is 10.1. The predicted molar refractivity (Wildman–Crippen MR) is 127 cm³/mol. The number of carbonyl (C=O) groups excluding carboxylic acids is 1. The lowest BCUT2D eigenvalue weighted by molar-refractivity contribution is 0.0950. The Labute approximate surface area is 188 Å². The van der Waals surface area contributed by atoms with Gasteiger partial charge in [-0.15, -0.1) is 0 Å². The van der Waals surface area contributed by atoms with Crippen molar-refractivity contribution in [2.24, 2.45) is 0 Å². The van der Waals surface area contributed by atoms with Crippen LogP contribution < -0.4 is 14.8 Å². The molecule has 0 saturated heterocycles. The molecule has 1 heterocycles. The van der Waals surface area contributed by atoms with Crippen LogP contribution in [0, 0.1) is 6.92 Å². The third-order valence-corrected chi connectivity index (χ3v) is 5.48. The Bertz CT molecular complexity index is 1210. The van der Waals surface area contributed by atoms with Crippen LogP contribution in [0.5, 0.6) is 11.5 Å². The van der Waals surface area contributed by atoms with E-state index in [1.54, 1.807) is 14.2 Å². The van der Waals surface area contributed by atoms with Crippen LogP contribution in [0.1, 0.15) is 21.6 Å². The highest BCUT2D eigenvalue weighted by atomic mass is 16.5. The molecule has 0 fully saturated rings. The third kappa shape index (κ3) is 4.23. The Kier molecular flexibility index (Phi) is 6.26. The van der Waals surface area contributed by atoms with Crippen molar-refractivity contribution in [1.29, 1.82) is 0 Å². The first kappa shape index (κ1) is 21.2. The third-order valence-electron chi connectivity index (χ3n) is 5.48. The summed E-state index contributed by atoms with van der Waals surface area (Å²) in [5.41, 5.74) is 5.20. The largest absolute Gasteiger partial charge is 0.497 e. The van der Waals surface area contributed by atoms with E-state index >= 15 is 0 Å². The van der Waals surface area contributed by atoms with Crippen LogP contribution in [0.4, 0.5) is 0 Å². The quantitative estimate of drug-likeness (QED) is 0.430. The van der Waals surface area contributed by atoms with Gasteiger partial charge in [-0.2, -0.15) is 0 Å². The van der Waals surface area contributed by atoms with Crippen molar-refractivity contribution in [3.63, 3.8) is 0 Å². The molecule has 1 aromatic heterocycles. The molecule has 1 amide bonds. The van der Waals surface area contributed by atoms with E-state index in [0.717, 1.165) is 28.2 Å². The molecule has 4 aromatic rings. The number of ether oxygens (including phenoxy) is 2. The molecule has 32 heavy (non-hydrogen) atoms. The van der Waals surface area contributed by atoms with Gasteiger partial charge in [0.25, 0.3) is 5.91 Å². The average Bonchev–Trinajstić information content (AvgIpc) is 3.20. The monoisotopic (exact) mass is 426 g/mol. The molecular formula is C27H26N2O3. The van der Waals surface area contributed by atoms with Gasteiger partial charge in [-0.05, 0) is 36.2 Å². The van der Waals surface area contributed by atoms with Crippen molar-refractivity contribution in [3.05, 3.63) is 102 Å². The van der Waals surface area contributed by atoms with Crippen molar-refractivity contribution >= 4 is 5.91 Å². The van der Waals surface area contributed by atoms with Gasteiger partial charge < -0.3 is 19.4 Å². The van der Waals surface area contributed by atoms with Gasteiger partial charge in [0.2, 0.25) is 0 Å². The SMILES string of the molecule is COc1ccc(OC)c(-n2c(-c3ccccc3)cc(C(=O)NCc3ccccc3)c2C)c1.